The third kappa shape index (κ3) is 4.41. The Morgan fingerprint density at radius 3 is 2.74 bits per heavy atom. The molecule has 8 heteroatoms. The molecule has 1 aliphatic carbocycles. The molecule has 1 unspecified atom stereocenters. The minimum absolute atomic E-state index is 0.126. The van der Waals surface area contributed by atoms with Crippen LogP contribution < -0.4 is 10.9 Å². The molecule has 1 amide bonds. The monoisotopic (exact) mass is 459 g/mol. The minimum atomic E-state index is -0.492. The van der Waals surface area contributed by atoms with Crippen molar-refractivity contribution in [3.8, 4) is 5.69 Å². The predicted octanol–water partition coefficient (Wildman–Crippen LogP) is 4.72. The van der Waals surface area contributed by atoms with Crippen molar-refractivity contribution in [2.45, 2.75) is 56.9 Å². The highest BCUT2D eigenvalue weighted by atomic mass is 32.2. The standard InChI is InChI=1S/C23H26FN3O2S2/c1-13(2)12-25-20(28)14(3)30-23-26-21-19(15-8-4-7-11-18(15)31-21)22(29)27(23)17-10-6-5-9-16(17)24/h5-6,9-10,13-14H,4,7-8,11-12H2,1-3H3,(H,25,28). The maximum absolute atomic E-state index is 14.7. The number of nitrogens with zero attached hydrogens (tertiary/aromatic N) is 2. The third-order valence-corrected chi connectivity index (χ3v) is 7.63. The summed E-state index contributed by atoms with van der Waals surface area (Å²) in [6.07, 6.45) is 3.95. The summed E-state index contributed by atoms with van der Waals surface area (Å²) in [6, 6.07) is 6.21. The zero-order chi connectivity index (χ0) is 22.1. The average Bonchev–Trinajstić information content (AvgIpc) is 3.11. The van der Waals surface area contributed by atoms with E-state index in [9.17, 15) is 14.0 Å². The zero-order valence-electron chi connectivity index (χ0n) is 17.9. The molecule has 0 radical (unpaired) electrons. The molecule has 2 heterocycles. The predicted molar refractivity (Wildman–Crippen MR) is 125 cm³/mol. The van der Waals surface area contributed by atoms with Crippen LogP contribution in [-0.4, -0.2) is 27.3 Å². The molecule has 2 aromatic heterocycles. The van der Waals surface area contributed by atoms with Crippen LogP contribution in [0.1, 0.15) is 44.1 Å². The van der Waals surface area contributed by atoms with Crippen LogP contribution in [-0.2, 0) is 17.6 Å². The lowest BCUT2D eigenvalue weighted by Crippen LogP contribution is -2.34. The van der Waals surface area contributed by atoms with Gasteiger partial charge in [0.2, 0.25) is 5.91 Å². The van der Waals surface area contributed by atoms with Crippen molar-refractivity contribution in [3.63, 3.8) is 0 Å². The van der Waals surface area contributed by atoms with Crippen LogP contribution in [0.25, 0.3) is 15.9 Å². The largest absolute Gasteiger partial charge is 0.355 e. The second kappa shape index (κ2) is 9.12. The fourth-order valence-corrected chi connectivity index (χ4v) is 6.02. The van der Waals surface area contributed by atoms with E-state index in [1.807, 2.05) is 13.8 Å². The van der Waals surface area contributed by atoms with Gasteiger partial charge >= 0.3 is 0 Å². The number of benzene rings is 1. The number of rotatable bonds is 6. The van der Waals surface area contributed by atoms with E-state index in [1.54, 1.807) is 36.5 Å². The zero-order valence-corrected chi connectivity index (χ0v) is 19.5. The summed E-state index contributed by atoms with van der Waals surface area (Å²) in [7, 11) is 0. The number of halogens is 1. The van der Waals surface area contributed by atoms with Gasteiger partial charge in [-0.25, -0.2) is 9.37 Å². The number of aromatic nitrogens is 2. The molecule has 31 heavy (non-hydrogen) atoms. The Kier molecular flexibility index (Phi) is 6.48. The maximum atomic E-state index is 14.7. The number of carbonyl (C=O) groups is 1. The normalized spacial score (nSPS) is 14.6. The molecule has 1 aromatic carbocycles. The number of aryl methyl sites for hydroxylation is 2. The third-order valence-electron chi connectivity index (χ3n) is 5.39. The Labute approximate surface area is 189 Å². The lowest BCUT2D eigenvalue weighted by molar-refractivity contribution is -0.120. The Bertz CT molecular complexity index is 1190. The summed E-state index contributed by atoms with van der Waals surface area (Å²) in [5.74, 6) is -0.281. The summed E-state index contributed by atoms with van der Waals surface area (Å²) in [5, 5.41) is 3.38. The first kappa shape index (κ1) is 22.0. The van der Waals surface area contributed by atoms with Crippen LogP contribution in [0.15, 0.2) is 34.2 Å². The molecule has 1 aliphatic rings. The Balaban J connectivity index is 1.83. The second-order valence-corrected chi connectivity index (χ2v) is 10.7. The molecule has 0 spiro atoms. The van der Waals surface area contributed by atoms with Crippen LogP contribution >= 0.6 is 23.1 Å². The first-order chi connectivity index (χ1) is 14.9. The van der Waals surface area contributed by atoms with E-state index in [0.717, 1.165) is 31.2 Å². The fourth-order valence-electron chi connectivity index (χ4n) is 3.77. The van der Waals surface area contributed by atoms with Gasteiger partial charge in [-0.3, -0.25) is 14.2 Å². The van der Waals surface area contributed by atoms with E-state index in [1.165, 1.54) is 27.3 Å². The first-order valence-corrected chi connectivity index (χ1v) is 12.3. The topological polar surface area (TPSA) is 64.0 Å². The van der Waals surface area contributed by atoms with Crippen LogP contribution in [0.2, 0.25) is 0 Å². The highest BCUT2D eigenvalue weighted by Crippen LogP contribution is 2.36. The molecule has 1 atom stereocenters. The van der Waals surface area contributed by atoms with Gasteiger partial charge in [0.05, 0.1) is 16.3 Å². The minimum Gasteiger partial charge on any atom is -0.355 e. The van der Waals surface area contributed by atoms with E-state index in [2.05, 4.69) is 5.32 Å². The number of hydrogen-bond acceptors (Lipinski definition) is 5. The van der Waals surface area contributed by atoms with Gasteiger partial charge in [0.1, 0.15) is 10.6 Å². The van der Waals surface area contributed by atoms with Crippen LogP contribution in [0, 0.1) is 11.7 Å². The van der Waals surface area contributed by atoms with E-state index in [-0.39, 0.29) is 17.2 Å². The van der Waals surface area contributed by atoms with Gasteiger partial charge in [-0.05, 0) is 56.2 Å². The Hall–Kier alpha value is -2.19. The summed E-state index contributed by atoms with van der Waals surface area (Å²) in [4.78, 5) is 32.9. The first-order valence-electron chi connectivity index (χ1n) is 10.6. The van der Waals surface area contributed by atoms with E-state index in [0.29, 0.717) is 27.8 Å². The second-order valence-electron chi connectivity index (χ2n) is 8.28. The fraction of sp³-hybridized carbons (Fsp3) is 0.435. The molecule has 4 rings (SSSR count). The van der Waals surface area contributed by atoms with Gasteiger partial charge in [-0.15, -0.1) is 11.3 Å². The van der Waals surface area contributed by atoms with Crippen molar-refractivity contribution >= 4 is 39.2 Å². The highest BCUT2D eigenvalue weighted by Gasteiger charge is 2.25. The molecule has 5 nitrogen and oxygen atoms in total. The SMILES string of the molecule is CC(C)CNC(=O)C(C)Sc1nc2sc3c(c2c(=O)n1-c1ccccc1F)CCCC3. The summed E-state index contributed by atoms with van der Waals surface area (Å²) < 4.78 is 16.1. The van der Waals surface area contributed by atoms with Crippen molar-refractivity contribution in [1.82, 2.24) is 14.9 Å². The average molecular weight is 460 g/mol. The number of fused-ring (bicyclic) bond motifs is 3. The summed E-state index contributed by atoms with van der Waals surface area (Å²) in [5.41, 5.74) is 0.967. The van der Waals surface area contributed by atoms with Gasteiger partial charge in [-0.2, -0.15) is 0 Å². The number of thioether (sulfide) groups is 1. The number of nitrogens with one attached hydrogen (secondary N) is 1. The van der Waals surface area contributed by atoms with Gasteiger partial charge in [-0.1, -0.05) is 37.7 Å². The quantitative estimate of drug-likeness (QED) is 0.428. The van der Waals surface area contributed by atoms with Crippen molar-refractivity contribution in [2.24, 2.45) is 5.92 Å². The van der Waals surface area contributed by atoms with Crippen LogP contribution in [0.3, 0.4) is 0 Å². The van der Waals surface area contributed by atoms with Crippen molar-refractivity contribution in [1.29, 1.82) is 0 Å². The number of hydrogen-bond donors (Lipinski definition) is 1. The molecular weight excluding hydrogens is 433 g/mol. The smallest absolute Gasteiger partial charge is 0.267 e. The molecular formula is C23H26FN3O2S2. The maximum Gasteiger partial charge on any atom is 0.267 e. The highest BCUT2D eigenvalue weighted by molar-refractivity contribution is 8.00. The lowest BCUT2D eigenvalue weighted by Gasteiger charge is -2.17. The van der Waals surface area contributed by atoms with Gasteiger partial charge in [0.15, 0.2) is 5.16 Å². The molecule has 0 saturated heterocycles. The molecule has 164 valence electrons. The lowest BCUT2D eigenvalue weighted by atomic mass is 9.97. The molecule has 0 bridgehead atoms. The van der Waals surface area contributed by atoms with Crippen molar-refractivity contribution in [3.05, 3.63) is 50.9 Å². The molecule has 0 fully saturated rings. The van der Waals surface area contributed by atoms with Crippen molar-refractivity contribution < 1.29 is 9.18 Å². The van der Waals surface area contributed by atoms with Gasteiger partial charge in [0, 0.05) is 11.4 Å². The number of thiophene rings is 1. The number of carbonyl (C=O) groups excluding carboxylic acids is 1. The Morgan fingerprint density at radius 2 is 2.00 bits per heavy atom. The van der Waals surface area contributed by atoms with E-state index >= 15 is 0 Å². The Morgan fingerprint density at radius 1 is 1.26 bits per heavy atom. The van der Waals surface area contributed by atoms with Gasteiger partial charge in [0.25, 0.3) is 5.56 Å². The van der Waals surface area contributed by atoms with Crippen molar-refractivity contribution in [2.75, 3.05) is 6.54 Å². The molecule has 1 N–H and O–H groups in total. The van der Waals surface area contributed by atoms with Gasteiger partial charge < -0.3 is 5.32 Å². The molecule has 0 saturated carbocycles. The van der Waals surface area contributed by atoms with E-state index < -0.39 is 11.1 Å². The van der Waals surface area contributed by atoms with Crippen LogP contribution in [0.5, 0.6) is 0 Å². The van der Waals surface area contributed by atoms with E-state index in [4.69, 9.17) is 4.98 Å². The number of para-hydroxylation sites is 1. The van der Waals surface area contributed by atoms with Crippen LogP contribution in [0.4, 0.5) is 4.39 Å². The molecule has 3 aromatic rings. The number of amides is 1. The molecule has 0 aliphatic heterocycles. The summed E-state index contributed by atoms with van der Waals surface area (Å²) in [6.45, 7) is 6.42. The summed E-state index contributed by atoms with van der Waals surface area (Å²) >= 11 is 2.74.